The van der Waals surface area contributed by atoms with E-state index in [1.54, 1.807) is 36.4 Å². The molecule has 0 fully saturated rings. The van der Waals surface area contributed by atoms with Gasteiger partial charge in [0.15, 0.2) is 9.84 Å². The molecule has 6 nitrogen and oxygen atoms in total. The summed E-state index contributed by atoms with van der Waals surface area (Å²) in [7, 11) is -3.36. The number of benzene rings is 2. The first-order valence-corrected chi connectivity index (χ1v) is 11.5. The molecule has 0 radical (unpaired) electrons. The maximum atomic E-state index is 13.3. The van der Waals surface area contributed by atoms with E-state index < -0.39 is 27.6 Å². The summed E-state index contributed by atoms with van der Waals surface area (Å²) in [4.78, 5) is 17.3. The fourth-order valence-electron chi connectivity index (χ4n) is 3.28. The number of hydrogen-bond acceptors (Lipinski definition) is 5. The number of carbonyl (C=O) groups is 1. The fourth-order valence-corrected chi connectivity index (χ4v) is 5.34. The predicted octanol–water partition coefficient (Wildman–Crippen LogP) is 4.42. The normalized spacial score (nSPS) is 17.1. The summed E-state index contributed by atoms with van der Waals surface area (Å²) < 4.78 is 44.1. The third-order valence-corrected chi connectivity index (χ3v) is 7.16. The molecule has 1 aromatic heterocycles. The van der Waals surface area contributed by atoms with Crippen LogP contribution in [0.1, 0.15) is 28.4 Å². The summed E-state index contributed by atoms with van der Waals surface area (Å²) in [5.74, 6) is -0.569. The van der Waals surface area contributed by atoms with E-state index in [0.29, 0.717) is 15.8 Å². The van der Waals surface area contributed by atoms with Crippen LogP contribution in [-0.4, -0.2) is 25.1 Å². The number of hydrogen-bond donors (Lipinski definition) is 1. The Morgan fingerprint density at radius 1 is 1.17 bits per heavy atom. The molecular formula is C21H16BrFN2O4S. The summed E-state index contributed by atoms with van der Waals surface area (Å²) in [6.45, 7) is 0. The molecule has 1 amide bonds. The summed E-state index contributed by atoms with van der Waals surface area (Å²) in [6, 6.07) is 13.3. The highest BCUT2D eigenvalue weighted by Gasteiger charge is 2.31. The molecule has 0 aliphatic carbocycles. The van der Waals surface area contributed by atoms with Gasteiger partial charge in [-0.15, -0.1) is 0 Å². The lowest BCUT2D eigenvalue weighted by Crippen LogP contribution is -2.34. The zero-order chi connectivity index (χ0) is 21.3. The average Bonchev–Trinajstić information content (AvgIpc) is 2.73. The maximum Gasteiger partial charge on any atom is 0.257 e. The number of nitrogens with zero attached hydrogens (tertiary/aromatic N) is 1. The van der Waals surface area contributed by atoms with Gasteiger partial charge >= 0.3 is 0 Å². The van der Waals surface area contributed by atoms with Gasteiger partial charge in [0.2, 0.25) is 5.88 Å². The highest BCUT2D eigenvalue weighted by atomic mass is 79.9. The molecule has 2 aromatic carbocycles. The van der Waals surface area contributed by atoms with Crippen molar-refractivity contribution in [2.45, 2.75) is 17.4 Å². The standard InChI is InChI=1S/C21H16BrFN2O4S/c22-16-12-13(23)7-8-18(16)29-21-15(5-3-10-24-21)20(26)25-17-9-11-30(27,28)19-6-2-1-4-14(17)19/h1-8,10,12,17H,9,11H2,(H,25,26). The van der Waals surface area contributed by atoms with Crippen molar-refractivity contribution in [3.8, 4) is 11.6 Å². The summed E-state index contributed by atoms with van der Waals surface area (Å²) in [6.07, 6.45) is 1.75. The smallest absolute Gasteiger partial charge is 0.257 e. The molecule has 1 aliphatic rings. The molecule has 30 heavy (non-hydrogen) atoms. The topological polar surface area (TPSA) is 85.4 Å². The van der Waals surface area contributed by atoms with Crippen LogP contribution < -0.4 is 10.1 Å². The van der Waals surface area contributed by atoms with Gasteiger partial charge in [0.1, 0.15) is 17.1 Å². The number of aromatic nitrogens is 1. The second kappa shape index (κ2) is 8.16. The van der Waals surface area contributed by atoms with Gasteiger partial charge in [0.25, 0.3) is 5.91 Å². The van der Waals surface area contributed by atoms with E-state index in [-0.39, 0.29) is 28.5 Å². The average molecular weight is 491 g/mol. The SMILES string of the molecule is O=C(NC1CCS(=O)(=O)c2ccccc21)c1cccnc1Oc1ccc(F)cc1Br. The van der Waals surface area contributed by atoms with E-state index in [2.05, 4.69) is 26.2 Å². The van der Waals surface area contributed by atoms with Crippen LogP contribution in [0.3, 0.4) is 0 Å². The van der Waals surface area contributed by atoms with Crippen molar-refractivity contribution in [1.29, 1.82) is 0 Å². The minimum atomic E-state index is -3.36. The van der Waals surface area contributed by atoms with Crippen LogP contribution in [0.25, 0.3) is 0 Å². The zero-order valence-electron chi connectivity index (χ0n) is 15.5. The minimum Gasteiger partial charge on any atom is -0.437 e. The third-order valence-electron chi connectivity index (χ3n) is 4.73. The summed E-state index contributed by atoms with van der Waals surface area (Å²) in [5, 5.41) is 2.88. The van der Waals surface area contributed by atoms with Gasteiger partial charge in [0, 0.05) is 6.20 Å². The van der Waals surface area contributed by atoms with Crippen molar-refractivity contribution in [3.63, 3.8) is 0 Å². The maximum absolute atomic E-state index is 13.3. The second-order valence-corrected chi connectivity index (χ2v) is 9.64. The van der Waals surface area contributed by atoms with Gasteiger partial charge in [-0.25, -0.2) is 17.8 Å². The number of amides is 1. The molecular weight excluding hydrogens is 475 g/mol. The van der Waals surface area contributed by atoms with E-state index >= 15 is 0 Å². The Labute approximate surface area is 181 Å². The predicted molar refractivity (Wildman–Crippen MR) is 112 cm³/mol. The molecule has 0 bridgehead atoms. The van der Waals surface area contributed by atoms with E-state index in [4.69, 9.17) is 4.74 Å². The largest absolute Gasteiger partial charge is 0.437 e. The minimum absolute atomic E-state index is 0.0477. The Morgan fingerprint density at radius 3 is 2.77 bits per heavy atom. The summed E-state index contributed by atoms with van der Waals surface area (Å²) >= 11 is 3.22. The second-order valence-electron chi connectivity index (χ2n) is 6.70. The molecule has 1 aliphatic heterocycles. The van der Waals surface area contributed by atoms with Crippen LogP contribution in [0.2, 0.25) is 0 Å². The number of ether oxygens (including phenoxy) is 1. The number of halogens is 2. The summed E-state index contributed by atoms with van der Waals surface area (Å²) in [5.41, 5.74) is 0.740. The molecule has 9 heteroatoms. The van der Waals surface area contributed by atoms with Crippen LogP contribution in [0.5, 0.6) is 11.6 Å². The molecule has 1 unspecified atom stereocenters. The van der Waals surface area contributed by atoms with Gasteiger partial charge in [-0.1, -0.05) is 18.2 Å². The molecule has 2 heterocycles. The Hall–Kier alpha value is -2.78. The van der Waals surface area contributed by atoms with Crippen molar-refractivity contribution < 1.29 is 22.3 Å². The van der Waals surface area contributed by atoms with Crippen molar-refractivity contribution in [2.24, 2.45) is 0 Å². The first-order chi connectivity index (χ1) is 14.3. The molecule has 0 spiro atoms. The lowest BCUT2D eigenvalue weighted by molar-refractivity contribution is 0.0931. The van der Waals surface area contributed by atoms with E-state index in [1.807, 2.05) is 0 Å². The van der Waals surface area contributed by atoms with Crippen molar-refractivity contribution in [1.82, 2.24) is 10.3 Å². The van der Waals surface area contributed by atoms with Gasteiger partial charge in [-0.2, -0.15) is 0 Å². The molecule has 4 rings (SSSR count). The van der Waals surface area contributed by atoms with Crippen LogP contribution in [0.4, 0.5) is 4.39 Å². The Kier molecular flexibility index (Phi) is 5.57. The van der Waals surface area contributed by atoms with E-state index in [1.165, 1.54) is 24.4 Å². The van der Waals surface area contributed by atoms with E-state index in [0.717, 1.165) is 0 Å². The van der Waals surface area contributed by atoms with Crippen LogP contribution in [-0.2, 0) is 9.84 Å². The van der Waals surface area contributed by atoms with Gasteiger partial charge < -0.3 is 10.1 Å². The van der Waals surface area contributed by atoms with Crippen molar-refractivity contribution in [2.75, 3.05) is 5.75 Å². The zero-order valence-corrected chi connectivity index (χ0v) is 17.9. The third kappa shape index (κ3) is 4.08. The highest BCUT2D eigenvalue weighted by molar-refractivity contribution is 9.10. The van der Waals surface area contributed by atoms with Crippen molar-refractivity contribution >= 4 is 31.7 Å². The highest BCUT2D eigenvalue weighted by Crippen LogP contribution is 2.34. The molecule has 1 atom stereocenters. The number of rotatable bonds is 4. The van der Waals surface area contributed by atoms with Gasteiger partial charge in [-0.05, 0) is 64.3 Å². The quantitative estimate of drug-likeness (QED) is 0.584. The molecule has 0 saturated carbocycles. The first kappa shape index (κ1) is 20.5. The lowest BCUT2D eigenvalue weighted by Gasteiger charge is -2.26. The lowest BCUT2D eigenvalue weighted by atomic mass is 10.0. The Bertz CT molecular complexity index is 1230. The number of sulfone groups is 1. The van der Waals surface area contributed by atoms with E-state index in [9.17, 15) is 17.6 Å². The van der Waals surface area contributed by atoms with Crippen LogP contribution >= 0.6 is 15.9 Å². The van der Waals surface area contributed by atoms with Crippen molar-refractivity contribution in [3.05, 3.63) is 82.2 Å². The number of pyridine rings is 1. The van der Waals surface area contributed by atoms with Crippen LogP contribution in [0, 0.1) is 5.82 Å². The van der Waals surface area contributed by atoms with Gasteiger partial charge in [0.05, 0.1) is 21.2 Å². The number of carbonyl (C=O) groups excluding carboxylic acids is 1. The number of fused-ring (bicyclic) bond motifs is 1. The van der Waals surface area contributed by atoms with Gasteiger partial charge in [-0.3, -0.25) is 4.79 Å². The monoisotopic (exact) mass is 490 g/mol. The number of nitrogens with one attached hydrogen (secondary N) is 1. The Balaban J connectivity index is 1.61. The molecule has 3 aromatic rings. The molecule has 154 valence electrons. The Morgan fingerprint density at radius 2 is 1.97 bits per heavy atom. The first-order valence-electron chi connectivity index (χ1n) is 9.05. The van der Waals surface area contributed by atoms with Crippen LogP contribution in [0.15, 0.2) is 70.2 Å². The molecule has 1 N–H and O–H groups in total. The fraction of sp³-hybridized carbons (Fsp3) is 0.143. The molecule has 0 saturated heterocycles.